The Morgan fingerprint density at radius 1 is 1.33 bits per heavy atom. The lowest BCUT2D eigenvalue weighted by atomic mass is 10.2. The second kappa shape index (κ2) is 3.82. The van der Waals surface area contributed by atoms with Crippen LogP contribution in [0, 0.1) is 12.3 Å². The van der Waals surface area contributed by atoms with Crippen LogP contribution in [0.4, 0.5) is 5.69 Å². The fourth-order valence-electron chi connectivity index (χ4n) is 0.995. The molecule has 1 nitrogen and oxygen atoms in total. The third-order valence-corrected chi connectivity index (χ3v) is 1.95. The first-order chi connectivity index (χ1) is 5.77. The van der Waals surface area contributed by atoms with Gasteiger partial charge in [0, 0.05) is 24.8 Å². The highest BCUT2D eigenvalue weighted by Gasteiger charge is 1.95. The van der Waals surface area contributed by atoms with E-state index in [2.05, 4.69) is 24.8 Å². The molecule has 0 unspecified atom stereocenters. The summed E-state index contributed by atoms with van der Waals surface area (Å²) >= 11 is 0. The number of hydrogen-bond acceptors (Lipinski definition) is 1. The summed E-state index contributed by atoms with van der Waals surface area (Å²) in [5.41, 5.74) is 2.14. The molecule has 0 aliphatic heterocycles. The minimum Gasteiger partial charge on any atom is -0.375 e. The van der Waals surface area contributed by atoms with Crippen molar-refractivity contribution in [1.29, 1.82) is 0 Å². The van der Waals surface area contributed by atoms with Crippen LogP contribution in [0.15, 0.2) is 24.3 Å². The molecular weight excluding hydrogens is 146 g/mol. The van der Waals surface area contributed by atoms with Gasteiger partial charge in [0.15, 0.2) is 0 Å². The second-order valence-electron chi connectivity index (χ2n) is 2.71. The highest BCUT2D eigenvalue weighted by atomic mass is 15.1. The summed E-state index contributed by atoms with van der Waals surface area (Å²) in [4.78, 5) is 2.17. The predicted molar refractivity (Wildman–Crippen MR) is 53.3 cm³/mol. The van der Waals surface area contributed by atoms with E-state index in [0.717, 1.165) is 12.1 Å². The Labute approximate surface area is 74.0 Å². The summed E-state index contributed by atoms with van der Waals surface area (Å²) < 4.78 is 0. The van der Waals surface area contributed by atoms with E-state index in [4.69, 9.17) is 6.42 Å². The summed E-state index contributed by atoms with van der Waals surface area (Å²) in [5, 5.41) is 0. The Kier molecular flexibility index (Phi) is 2.76. The van der Waals surface area contributed by atoms with Gasteiger partial charge in [0.25, 0.3) is 0 Å². The molecule has 0 saturated heterocycles. The van der Waals surface area contributed by atoms with Crippen molar-refractivity contribution in [2.75, 3.05) is 18.5 Å². The molecule has 0 bridgehead atoms. The van der Waals surface area contributed by atoms with Crippen LogP contribution in [-0.2, 0) is 0 Å². The Bertz CT molecular complexity index is 279. The monoisotopic (exact) mass is 159 g/mol. The first-order valence-electron chi connectivity index (χ1n) is 4.05. The van der Waals surface area contributed by atoms with Crippen LogP contribution in [0.1, 0.15) is 12.5 Å². The predicted octanol–water partition coefficient (Wildman–Crippen LogP) is 2.12. The number of nitrogens with zero attached hydrogens (tertiary/aromatic N) is 1. The third-order valence-electron chi connectivity index (χ3n) is 1.95. The number of rotatable bonds is 2. The fraction of sp³-hybridized carbons (Fsp3) is 0.273. The van der Waals surface area contributed by atoms with E-state index in [1.165, 1.54) is 5.69 Å². The fourth-order valence-corrected chi connectivity index (χ4v) is 0.995. The van der Waals surface area contributed by atoms with Crippen molar-refractivity contribution < 1.29 is 0 Å². The van der Waals surface area contributed by atoms with Crippen molar-refractivity contribution in [2.24, 2.45) is 0 Å². The lowest BCUT2D eigenvalue weighted by Crippen LogP contribution is -2.15. The number of benzene rings is 1. The normalized spacial score (nSPS) is 9.08. The molecule has 0 spiro atoms. The number of terminal acetylenes is 1. The Morgan fingerprint density at radius 3 is 2.33 bits per heavy atom. The van der Waals surface area contributed by atoms with Gasteiger partial charge < -0.3 is 4.90 Å². The maximum atomic E-state index is 5.24. The van der Waals surface area contributed by atoms with E-state index >= 15 is 0 Å². The quantitative estimate of drug-likeness (QED) is 0.597. The zero-order valence-corrected chi connectivity index (χ0v) is 7.54. The SMILES string of the molecule is C#Cc1ccc(N(C)CC)cc1. The molecule has 0 aromatic heterocycles. The Morgan fingerprint density at radius 2 is 1.92 bits per heavy atom. The van der Waals surface area contributed by atoms with Gasteiger partial charge in [0.05, 0.1) is 0 Å². The molecule has 0 radical (unpaired) electrons. The van der Waals surface area contributed by atoms with E-state index in [1.807, 2.05) is 24.3 Å². The van der Waals surface area contributed by atoms with Crippen molar-refractivity contribution in [2.45, 2.75) is 6.92 Å². The molecule has 1 aromatic carbocycles. The van der Waals surface area contributed by atoms with Gasteiger partial charge in [-0.2, -0.15) is 0 Å². The maximum Gasteiger partial charge on any atom is 0.0364 e. The molecule has 0 amide bonds. The van der Waals surface area contributed by atoms with E-state index < -0.39 is 0 Å². The lowest BCUT2D eigenvalue weighted by molar-refractivity contribution is 0.968. The van der Waals surface area contributed by atoms with Crippen LogP contribution >= 0.6 is 0 Å². The molecule has 0 fully saturated rings. The molecule has 1 aromatic rings. The molecule has 62 valence electrons. The molecule has 1 heteroatoms. The van der Waals surface area contributed by atoms with Gasteiger partial charge in [-0.1, -0.05) is 5.92 Å². The smallest absolute Gasteiger partial charge is 0.0364 e. The molecule has 0 aliphatic carbocycles. The van der Waals surface area contributed by atoms with Crippen molar-refractivity contribution in [1.82, 2.24) is 0 Å². The lowest BCUT2D eigenvalue weighted by Gasteiger charge is -2.16. The van der Waals surface area contributed by atoms with Crippen LogP contribution < -0.4 is 4.90 Å². The first-order valence-corrected chi connectivity index (χ1v) is 4.05. The van der Waals surface area contributed by atoms with Gasteiger partial charge in [-0.05, 0) is 31.2 Å². The minimum absolute atomic E-state index is 0.934. The zero-order valence-electron chi connectivity index (χ0n) is 7.54. The molecule has 12 heavy (non-hydrogen) atoms. The van der Waals surface area contributed by atoms with Crippen LogP contribution in [0.25, 0.3) is 0 Å². The van der Waals surface area contributed by atoms with Crippen molar-refractivity contribution >= 4 is 5.69 Å². The van der Waals surface area contributed by atoms with Crippen LogP contribution in [0.2, 0.25) is 0 Å². The van der Waals surface area contributed by atoms with Gasteiger partial charge in [-0.25, -0.2) is 0 Å². The van der Waals surface area contributed by atoms with Gasteiger partial charge >= 0.3 is 0 Å². The van der Waals surface area contributed by atoms with Gasteiger partial charge in [-0.3, -0.25) is 0 Å². The number of anilines is 1. The van der Waals surface area contributed by atoms with E-state index in [-0.39, 0.29) is 0 Å². The van der Waals surface area contributed by atoms with E-state index in [0.29, 0.717) is 0 Å². The molecule has 0 N–H and O–H groups in total. The minimum atomic E-state index is 0.934. The third kappa shape index (κ3) is 1.79. The zero-order chi connectivity index (χ0) is 8.97. The summed E-state index contributed by atoms with van der Waals surface area (Å²) in [6.07, 6.45) is 5.24. The maximum absolute atomic E-state index is 5.24. The van der Waals surface area contributed by atoms with Gasteiger partial charge in [0.2, 0.25) is 0 Å². The van der Waals surface area contributed by atoms with E-state index in [9.17, 15) is 0 Å². The largest absolute Gasteiger partial charge is 0.375 e. The van der Waals surface area contributed by atoms with Gasteiger partial charge in [0.1, 0.15) is 0 Å². The standard InChI is InChI=1S/C11H13N/c1-4-10-6-8-11(9-7-10)12(3)5-2/h1,6-9H,5H2,2-3H3. The van der Waals surface area contributed by atoms with Crippen LogP contribution in [-0.4, -0.2) is 13.6 Å². The first kappa shape index (κ1) is 8.67. The van der Waals surface area contributed by atoms with E-state index in [1.54, 1.807) is 0 Å². The average Bonchev–Trinajstić information content (AvgIpc) is 2.17. The molecule has 0 heterocycles. The van der Waals surface area contributed by atoms with Gasteiger partial charge in [-0.15, -0.1) is 6.42 Å². The molecule has 0 atom stereocenters. The number of hydrogen-bond donors (Lipinski definition) is 0. The van der Waals surface area contributed by atoms with Crippen LogP contribution in [0.5, 0.6) is 0 Å². The summed E-state index contributed by atoms with van der Waals surface area (Å²) in [5.74, 6) is 2.59. The molecule has 1 rings (SSSR count). The Hall–Kier alpha value is -1.42. The summed E-state index contributed by atoms with van der Waals surface area (Å²) in [7, 11) is 2.06. The second-order valence-corrected chi connectivity index (χ2v) is 2.71. The molecular formula is C11H13N. The highest BCUT2D eigenvalue weighted by Crippen LogP contribution is 2.12. The molecule has 0 aliphatic rings. The van der Waals surface area contributed by atoms with Crippen molar-refractivity contribution in [3.63, 3.8) is 0 Å². The summed E-state index contributed by atoms with van der Waals surface area (Å²) in [6, 6.07) is 8.00. The average molecular weight is 159 g/mol. The molecule has 0 saturated carbocycles. The highest BCUT2D eigenvalue weighted by molar-refractivity contribution is 5.49. The summed E-state index contributed by atoms with van der Waals surface area (Å²) in [6.45, 7) is 3.13. The van der Waals surface area contributed by atoms with Crippen LogP contribution in [0.3, 0.4) is 0 Å². The van der Waals surface area contributed by atoms with Crippen molar-refractivity contribution in [3.8, 4) is 12.3 Å². The van der Waals surface area contributed by atoms with Crippen molar-refractivity contribution in [3.05, 3.63) is 29.8 Å². The topological polar surface area (TPSA) is 3.24 Å². The Balaban J connectivity index is 2.86.